The lowest BCUT2D eigenvalue weighted by Gasteiger charge is -2.24. The lowest BCUT2D eigenvalue weighted by atomic mass is 10.0. The largest absolute Gasteiger partial charge is 0.443 e. The van der Waals surface area contributed by atoms with Gasteiger partial charge in [-0.05, 0) is 50.6 Å². The number of aromatic nitrogens is 1. The van der Waals surface area contributed by atoms with Crippen LogP contribution in [0.1, 0.15) is 37.1 Å². The van der Waals surface area contributed by atoms with Crippen LogP contribution in [0.5, 0.6) is 0 Å². The minimum Gasteiger partial charge on any atom is -0.443 e. The fourth-order valence-electron chi connectivity index (χ4n) is 3.40. The average molecular weight is 409 g/mol. The maximum atomic E-state index is 13.4. The maximum absolute atomic E-state index is 13.4. The molecule has 0 amide bonds. The highest BCUT2D eigenvalue weighted by molar-refractivity contribution is 7.99. The first-order chi connectivity index (χ1) is 13.8. The van der Waals surface area contributed by atoms with Crippen LogP contribution < -0.4 is 0 Å². The van der Waals surface area contributed by atoms with Gasteiger partial charge in [-0.15, -0.1) is 0 Å². The number of thioether (sulfide) groups is 1. The van der Waals surface area contributed by atoms with Crippen LogP contribution in [0.15, 0.2) is 59.1 Å². The molecule has 0 N–H and O–H groups in total. The summed E-state index contributed by atoms with van der Waals surface area (Å²) in [6, 6.07) is 13.6. The van der Waals surface area contributed by atoms with E-state index in [9.17, 15) is 14.0 Å². The molecule has 1 aliphatic heterocycles. The van der Waals surface area contributed by atoms with E-state index in [0.717, 1.165) is 28.3 Å². The highest BCUT2D eigenvalue weighted by atomic mass is 32.2. The quantitative estimate of drug-likeness (QED) is 0.488. The first kappa shape index (κ1) is 19.5. The zero-order valence-electron chi connectivity index (χ0n) is 16.3. The fourth-order valence-corrected chi connectivity index (χ4v) is 4.75. The Balaban J connectivity index is 1.90. The van der Waals surface area contributed by atoms with Crippen LogP contribution in [0.25, 0.3) is 17.0 Å². The molecule has 0 spiro atoms. The van der Waals surface area contributed by atoms with Crippen LogP contribution in [0.4, 0.5) is 9.18 Å². The van der Waals surface area contributed by atoms with E-state index < -0.39 is 11.7 Å². The Kier molecular flexibility index (Phi) is 4.82. The predicted molar refractivity (Wildman–Crippen MR) is 113 cm³/mol. The molecule has 0 saturated carbocycles. The molecule has 4 nitrogen and oxygen atoms in total. The summed E-state index contributed by atoms with van der Waals surface area (Å²) < 4.78 is 20.6. The van der Waals surface area contributed by atoms with E-state index in [4.69, 9.17) is 4.74 Å². The van der Waals surface area contributed by atoms with Gasteiger partial charge in [0.05, 0.1) is 15.8 Å². The van der Waals surface area contributed by atoms with E-state index in [-0.39, 0.29) is 11.1 Å². The van der Waals surface area contributed by atoms with E-state index >= 15 is 0 Å². The van der Waals surface area contributed by atoms with E-state index in [0.29, 0.717) is 10.6 Å². The summed E-state index contributed by atoms with van der Waals surface area (Å²) in [7, 11) is 0. The number of benzene rings is 2. The zero-order chi connectivity index (χ0) is 20.8. The molecule has 29 heavy (non-hydrogen) atoms. The van der Waals surface area contributed by atoms with Gasteiger partial charge >= 0.3 is 6.09 Å². The topological polar surface area (TPSA) is 48.3 Å². The van der Waals surface area contributed by atoms with Crippen molar-refractivity contribution in [1.82, 2.24) is 4.57 Å². The van der Waals surface area contributed by atoms with Crippen molar-refractivity contribution in [2.45, 2.75) is 36.6 Å². The Morgan fingerprint density at radius 3 is 2.48 bits per heavy atom. The summed E-state index contributed by atoms with van der Waals surface area (Å²) >= 11 is 1.40. The minimum absolute atomic E-state index is 0.338. The van der Waals surface area contributed by atoms with E-state index in [1.54, 1.807) is 16.7 Å². The first-order valence-corrected chi connectivity index (χ1v) is 10.1. The van der Waals surface area contributed by atoms with Crippen LogP contribution >= 0.6 is 11.8 Å². The van der Waals surface area contributed by atoms with Crippen molar-refractivity contribution in [3.8, 4) is 0 Å². The molecular formula is C23H20FNO3S. The summed E-state index contributed by atoms with van der Waals surface area (Å²) in [5.41, 5.74) is 2.26. The van der Waals surface area contributed by atoms with Gasteiger partial charge in [-0.2, -0.15) is 0 Å². The van der Waals surface area contributed by atoms with Crippen LogP contribution in [-0.2, 0) is 9.53 Å². The summed E-state index contributed by atoms with van der Waals surface area (Å²) in [6.07, 6.45) is 2.17. The second kappa shape index (κ2) is 7.19. The molecule has 148 valence electrons. The predicted octanol–water partition coefficient (Wildman–Crippen LogP) is 5.99. The maximum Gasteiger partial charge on any atom is 0.419 e. The molecule has 0 bridgehead atoms. The second-order valence-corrected chi connectivity index (χ2v) is 8.96. The number of ether oxygens (including phenoxy) is 1. The Morgan fingerprint density at radius 2 is 1.83 bits per heavy atom. The summed E-state index contributed by atoms with van der Waals surface area (Å²) in [4.78, 5) is 24.9. The minimum atomic E-state index is -0.644. The van der Waals surface area contributed by atoms with Crippen molar-refractivity contribution in [3.63, 3.8) is 0 Å². The zero-order valence-corrected chi connectivity index (χ0v) is 17.1. The number of carbonyl (C=O) groups excluding carboxylic acids is 2. The van der Waals surface area contributed by atoms with Gasteiger partial charge in [0.2, 0.25) is 0 Å². The van der Waals surface area contributed by atoms with Crippen molar-refractivity contribution in [2.24, 2.45) is 0 Å². The summed E-state index contributed by atoms with van der Waals surface area (Å²) in [5, 5.41) is 1.24. The van der Waals surface area contributed by atoms with Crippen LogP contribution in [0.2, 0.25) is 0 Å². The number of para-hydroxylation sites is 1. The van der Waals surface area contributed by atoms with Crippen LogP contribution in [0.3, 0.4) is 0 Å². The summed E-state index contributed by atoms with van der Waals surface area (Å²) in [5.74, 6) is -0.338. The van der Waals surface area contributed by atoms with Crippen molar-refractivity contribution in [3.05, 3.63) is 71.0 Å². The number of carbonyl (C=O) groups is 2. The first-order valence-electron chi connectivity index (χ1n) is 9.24. The molecular weight excluding hydrogens is 389 g/mol. The molecule has 0 radical (unpaired) electrons. The number of halogens is 1. The van der Waals surface area contributed by atoms with Crippen molar-refractivity contribution < 1.29 is 18.7 Å². The normalized spacial score (nSPS) is 16.3. The van der Waals surface area contributed by atoms with Gasteiger partial charge in [-0.3, -0.25) is 4.79 Å². The molecule has 0 unspecified atom stereocenters. The number of aldehydes is 1. The Hall–Kier alpha value is -2.86. The average Bonchev–Trinajstić information content (AvgIpc) is 3.00. The Bertz CT molecular complexity index is 1140. The molecule has 0 fully saturated rings. The Labute approximate surface area is 172 Å². The third-order valence-electron chi connectivity index (χ3n) is 4.60. The van der Waals surface area contributed by atoms with Gasteiger partial charge < -0.3 is 4.74 Å². The van der Waals surface area contributed by atoms with Gasteiger partial charge in [0.1, 0.15) is 17.7 Å². The van der Waals surface area contributed by atoms with Gasteiger partial charge in [-0.1, -0.05) is 42.1 Å². The van der Waals surface area contributed by atoms with Crippen LogP contribution in [-0.4, -0.2) is 22.5 Å². The highest BCUT2D eigenvalue weighted by Gasteiger charge is 2.32. The smallest absolute Gasteiger partial charge is 0.419 e. The highest BCUT2D eigenvalue weighted by Crippen LogP contribution is 2.49. The third-order valence-corrected chi connectivity index (χ3v) is 6.00. The van der Waals surface area contributed by atoms with Gasteiger partial charge in [0.25, 0.3) is 0 Å². The van der Waals surface area contributed by atoms with Crippen molar-refractivity contribution in [2.75, 3.05) is 0 Å². The molecule has 1 aromatic heterocycles. The second-order valence-electron chi connectivity index (χ2n) is 7.86. The molecule has 0 saturated heterocycles. The third kappa shape index (κ3) is 3.60. The molecule has 3 aromatic rings. The molecule has 4 rings (SSSR count). The summed E-state index contributed by atoms with van der Waals surface area (Å²) in [6.45, 7) is 5.46. The monoisotopic (exact) mass is 409 g/mol. The lowest BCUT2D eigenvalue weighted by molar-refractivity contribution is -0.104. The molecule has 2 heterocycles. The standard InChI is InChI=1S/C23H20FNO3S/c1-23(2,3)28-22(27)25-19-7-5-4-6-17(19)18-12-15(13-26)20(29-21(18)25)14-8-10-16(24)11-9-14/h4-13,20H,1-3H3/t20-/m1/s1. The number of rotatable bonds is 2. The van der Waals surface area contributed by atoms with Crippen molar-refractivity contribution >= 4 is 41.1 Å². The lowest BCUT2D eigenvalue weighted by Crippen LogP contribution is -2.27. The van der Waals surface area contributed by atoms with E-state index in [1.165, 1.54) is 23.9 Å². The molecule has 0 aliphatic carbocycles. The van der Waals surface area contributed by atoms with Gasteiger partial charge in [0.15, 0.2) is 0 Å². The number of nitrogens with zero attached hydrogens (tertiary/aromatic N) is 1. The number of hydrogen-bond acceptors (Lipinski definition) is 4. The van der Waals surface area contributed by atoms with Crippen molar-refractivity contribution in [1.29, 1.82) is 0 Å². The fraction of sp³-hybridized carbons (Fsp3) is 0.217. The number of hydrogen-bond donors (Lipinski definition) is 0. The SMILES string of the molecule is CC(C)(C)OC(=O)n1c2c(c3ccccc31)C=C(C=O)[C@@H](c1ccc(F)cc1)S2. The van der Waals surface area contributed by atoms with E-state index in [2.05, 4.69) is 0 Å². The Morgan fingerprint density at radius 1 is 1.14 bits per heavy atom. The molecule has 6 heteroatoms. The molecule has 1 atom stereocenters. The van der Waals surface area contributed by atoms with Gasteiger partial charge in [-0.25, -0.2) is 13.8 Å². The van der Waals surface area contributed by atoms with E-state index in [1.807, 2.05) is 51.1 Å². The number of fused-ring (bicyclic) bond motifs is 3. The molecule has 2 aromatic carbocycles. The van der Waals surface area contributed by atoms with Crippen LogP contribution in [0, 0.1) is 5.82 Å². The van der Waals surface area contributed by atoms with Gasteiger partial charge in [0, 0.05) is 16.5 Å². The molecule has 1 aliphatic rings.